The van der Waals surface area contributed by atoms with E-state index in [-0.39, 0.29) is 5.03 Å². The van der Waals surface area contributed by atoms with Crippen LogP contribution in [0.3, 0.4) is 0 Å². The molecule has 1 aliphatic heterocycles. The quantitative estimate of drug-likeness (QED) is 0.733. The van der Waals surface area contributed by atoms with E-state index in [4.69, 9.17) is 5.26 Å². The van der Waals surface area contributed by atoms with E-state index in [0.29, 0.717) is 45.1 Å². The lowest BCUT2D eigenvalue weighted by Crippen LogP contribution is -2.48. The molecule has 2 heterocycles. The zero-order valence-corrected chi connectivity index (χ0v) is 12.6. The molecule has 0 bridgehead atoms. The standard InChI is InChI=1S/C12H19N5O2S/c1-3-16-10-12(14-11(16)2)20(18,19)17-8-6-15(5-4-13)7-9-17/h10H,3,5-9H2,1-2H3. The summed E-state index contributed by atoms with van der Waals surface area (Å²) in [7, 11) is -3.52. The van der Waals surface area contributed by atoms with Gasteiger partial charge in [0.15, 0.2) is 5.03 Å². The third-order valence-corrected chi connectivity index (χ3v) is 5.29. The lowest BCUT2D eigenvalue weighted by atomic mass is 10.4. The maximum atomic E-state index is 12.5. The first-order valence-corrected chi connectivity index (χ1v) is 8.06. The first-order valence-electron chi connectivity index (χ1n) is 6.62. The Bertz CT molecular complexity index is 608. The van der Waals surface area contributed by atoms with E-state index in [2.05, 4.69) is 11.1 Å². The van der Waals surface area contributed by atoms with E-state index in [0.717, 1.165) is 0 Å². The molecule has 1 fully saturated rings. The van der Waals surface area contributed by atoms with Crippen molar-refractivity contribution in [2.75, 3.05) is 32.7 Å². The average Bonchev–Trinajstić information content (AvgIpc) is 2.82. The summed E-state index contributed by atoms with van der Waals surface area (Å²) < 4.78 is 28.3. The van der Waals surface area contributed by atoms with Crippen molar-refractivity contribution < 1.29 is 8.42 Å². The predicted molar refractivity (Wildman–Crippen MR) is 73.4 cm³/mol. The summed E-state index contributed by atoms with van der Waals surface area (Å²) in [6.07, 6.45) is 1.59. The van der Waals surface area contributed by atoms with Crippen LogP contribution in [0.4, 0.5) is 0 Å². The largest absolute Gasteiger partial charge is 0.334 e. The van der Waals surface area contributed by atoms with Gasteiger partial charge in [-0.3, -0.25) is 4.90 Å². The van der Waals surface area contributed by atoms with Gasteiger partial charge in [-0.1, -0.05) is 0 Å². The van der Waals surface area contributed by atoms with Crippen LogP contribution in [0.2, 0.25) is 0 Å². The number of aromatic nitrogens is 2. The number of hydrogen-bond donors (Lipinski definition) is 0. The molecule has 0 unspecified atom stereocenters. The highest BCUT2D eigenvalue weighted by atomic mass is 32.2. The average molecular weight is 297 g/mol. The van der Waals surface area contributed by atoms with Crippen molar-refractivity contribution in [2.24, 2.45) is 0 Å². The van der Waals surface area contributed by atoms with Gasteiger partial charge in [-0.2, -0.15) is 9.57 Å². The van der Waals surface area contributed by atoms with Crippen molar-refractivity contribution in [1.29, 1.82) is 5.26 Å². The van der Waals surface area contributed by atoms with Gasteiger partial charge in [0, 0.05) is 38.9 Å². The van der Waals surface area contributed by atoms with Crippen molar-refractivity contribution in [1.82, 2.24) is 18.8 Å². The molecule has 2 rings (SSSR count). The van der Waals surface area contributed by atoms with Gasteiger partial charge in [0.2, 0.25) is 0 Å². The third kappa shape index (κ3) is 2.85. The van der Waals surface area contributed by atoms with Gasteiger partial charge in [0.1, 0.15) is 5.82 Å². The van der Waals surface area contributed by atoms with Gasteiger partial charge in [0.05, 0.1) is 12.6 Å². The Labute approximate surface area is 119 Å². The summed E-state index contributed by atoms with van der Waals surface area (Å²) in [6.45, 7) is 6.77. The minimum absolute atomic E-state index is 0.116. The van der Waals surface area contributed by atoms with Gasteiger partial charge < -0.3 is 4.57 Å². The molecular formula is C12H19N5O2S. The first-order chi connectivity index (χ1) is 9.48. The number of aryl methyl sites for hydroxylation is 2. The van der Waals surface area contributed by atoms with Crippen LogP contribution >= 0.6 is 0 Å². The molecule has 1 aliphatic rings. The lowest BCUT2D eigenvalue weighted by molar-refractivity contribution is 0.206. The molecule has 8 heteroatoms. The van der Waals surface area contributed by atoms with Crippen LogP contribution in [0.5, 0.6) is 0 Å². The molecule has 0 saturated carbocycles. The highest BCUT2D eigenvalue weighted by Crippen LogP contribution is 2.17. The fourth-order valence-electron chi connectivity index (χ4n) is 2.28. The molecule has 0 radical (unpaired) electrons. The number of rotatable bonds is 4. The van der Waals surface area contributed by atoms with Crippen LogP contribution in [-0.4, -0.2) is 59.9 Å². The minimum atomic E-state index is -3.52. The summed E-state index contributed by atoms with van der Waals surface area (Å²) in [5, 5.41) is 8.76. The maximum Gasteiger partial charge on any atom is 0.262 e. The zero-order chi connectivity index (χ0) is 14.8. The van der Waals surface area contributed by atoms with Crippen LogP contribution in [0, 0.1) is 18.3 Å². The van der Waals surface area contributed by atoms with E-state index in [1.165, 1.54) is 4.31 Å². The molecule has 0 N–H and O–H groups in total. The Kier molecular flexibility index (Phi) is 4.42. The summed E-state index contributed by atoms with van der Waals surface area (Å²) >= 11 is 0. The highest BCUT2D eigenvalue weighted by molar-refractivity contribution is 7.89. The number of sulfonamides is 1. The Balaban J connectivity index is 2.13. The molecular weight excluding hydrogens is 278 g/mol. The number of imidazole rings is 1. The van der Waals surface area contributed by atoms with Crippen molar-refractivity contribution in [2.45, 2.75) is 25.4 Å². The lowest BCUT2D eigenvalue weighted by Gasteiger charge is -2.31. The molecule has 20 heavy (non-hydrogen) atoms. The van der Waals surface area contributed by atoms with Crippen LogP contribution in [0.15, 0.2) is 11.2 Å². The summed E-state index contributed by atoms with van der Waals surface area (Å²) in [6, 6.07) is 2.08. The maximum absolute atomic E-state index is 12.5. The van der Waals surface area contributed by atoms with Gasteiger partial charge in [-0.05, 0) is 13.8 Å². The van der Waals surface area contributed by atoms with Crippen molar-refractivity contribution in [3.05, 3.63) is 12.0 Å². The monoisotopic (exact) mass is 297 g/mol. The zero-order valence-electron chi connectivity index (χ0n) is 11.8. The highest BCUT2D eigenvalue weighted by Gasteiger charge is 2.30. The molecule has 1 saturated heterocycles. The molecule has 1 aromatic heterocycles. The van der Waals surface area contributed by atoms with Gasteiger partial charge in [-0.15, -0.1) is 0 Å². The Morgan fingerprint density at radius 1 is 1.35 bits per heavy atom. The van der Waals surface area contributed by atoms with E-state index in [9.17, 15) is 8.42 Å². The minimum Gasteiger partial charge on any atom is -0.334 e. The molecule has 1 aromatic rings. The predicted octanol–water partition coefficient (Wildman–Crippen LogP) is 0.0413. The van der Waals surface area contributed by atoms with Gasteiger partial charge in [0.25, 0.3) is 10.0 Å². The molecule has 0 aromatic carbocycles. The van der Waals surface area contributed by atoms with E-state index < -0.39 is 10.0 Å². The molecule has 0 atom stereocenters. The van der Waals surface area contributed by atoms with Crippen LogP contribution in [-0.2, 0) is 16.6 Å². The van der Waals surface area contributed by atoms with Crippen LogP contribution in [0.1, 0.15) is 12.7 Å². The third-order valence-electron chi connectivity index (χ3n) is 3.52. The molecule has 0 amide bonds. The molecule has 110 valence electrons. The number of nitriles is 1. The second-order valence-corrected chi connectivity index (χ2v) is 6.64. The SMILES string of the molecule is CCn1cc(S(=O)(=O)N2CCN(CC#N)CC2)nc1C. The Morgan fingerprint density at radius 2 is 2.00 bits per heavy atom. The topological polar surface area (TPSA) is 82.2 Å². The van der Waals surface area contributed by atoms with Crippen molar-refractivity contribution in [3.8, 4) is 6.07 Å². The summed E-state index contributed by atoms with van der Waals surface area (Å²) in [4.78, 5) is 6.10. The Morgan fingerprint density at radius 3 is 2.50 bits per heavy atom. The van der Waals surface area contributed by atoms with Crippen molar-refractivity contribution in [3.63, 3.8) is 0 Å². The number of hydrogen-bond acceptors (Lipinski definition) is 5. The first kappa shape index (κ1) is 15.0. The second kappa shape index (κ2) is 5.91. The van der Waals surface area contributed by atoms with Gasteiger partial charge >= 0.3 is 0 Å². The molecule has 0 aliphatic carbocycles. The van der Waals surface area contributed by atoms with E-state index in [1.54, 1.807) is 13.1 Å². The molecule has 7 nitrogen and oxygen atoms in total. The van der Waals surface area contributed by atoms with Crippen LogP contribution in [0.25, 0.3) is 0 Å². The fourth-order valence-corrected chi connectivity index (χ4v) is 3.70. The number of piperazine rings is 1. The van der Waals surface area contributed by atoms with Crippen molar-refractivity contribution >= 4 is 10.0 Å². The second-order valence-electron chi connectivity index (χ2n) is 4.75. The van der Waals surface area contributed by atoms with Crippen LogP contribution < -0.4 is 0 Å². The van der Waals surface area contributed by atoms with Gasteiger partial charge in [-0.25, -0.2) is 13.4 Å². The molecule has 0 spiro atoms. The summed E-state index contributed by atoms with van der Waals surface area (Å²) in [5.41, 5.74) is 0. The smallest absolute Gasteiger partial charge is 0.262 e. The fraction of sp³-hybridized carbons (Fsp3) is 0.667. The Hall–Kier alpha value is -1.43. The number of nitrogens with zero attached hydrogens (tertiary/aromatic N) is 5. The summed E-state index contributed by atoms with van der Waals surface area (Å²) in [5.74, 6) is 0.703. The normalized spacial score (nSPS) is 18.1. The van der Waals surface area contributed by atoms with E-state index in [1.807, 2.05) is 16.4 Å². The van der Waals surface area contributed by atoms with E-state index >= 15 is 0 Å².